The average Bonchev–Trinajstić information content (AvgIpc) is 2.90. The number of halogens is 1. The standard InChI is InChI=1S/C23H22ClNO5/c1-3-30-22(28)20-15(2)25(14-16-7-5-4-6-8-16)23(29,21(20)27)13-19(26)17-9-11-18(24)12-10-17/h4-12,29H,3,13-14H2,1-2H3. The van der Waals surface area contributed by atoms with Gasteiger partial charge in [0.2, 0.25) is 11.5 Å². The van der Waals surface area contributed by atoms with E-state index in [9.17, 15) is 19.5 Å². The molecular formula is C23H22ClNO5. The molecular weight excluding hydrogens is 406 g/mol. The molecule has 0 saturated heterocycles. The zero-order valence-corrected chi connectivity index (χ0v) is 17.5. The Labute approximate surface area is 179 Å². The second-order valence-corrected chi connectivity index (χ2v) is 7.44. The summed E-state index contributed by atoms with van der Waals surface area (Å²) in [7, 11) is 0. The third-order valence-corrected chi connectivity index (χ3v) is 5.29. The molecule has 0 spiro atoms. The molecule has 3 rings (SSSR count). The van der Waals surface area contributed by atoms with Gasteiger partial charge in [0.15, 0.2) is 5.78 Å². The van der Waals surface area contributed by atoms with Crippen molar-refractivity contribution < 1.29 is 24.2 Å². The number of rotatable bonds is 7. The number of ether oxygens (including phenoxy) is 1. The average molecular weight is 428 g/mol. The topological polar surface area (TPSA) is 83.9 Å². The van der Waals surface area contributed by atoms with Gasteiger partial charge in [0.25, 0.3) is 0 Å². The quantitative estimate of drug-likeness (QED) is 0.413. The van der Waals surface area contributed by atoms with Crippen molar-refractivity contribution in [2.75, 3.05) is 6.61 Å². The number of nitrogens with zero attached hydrogens (tertiary/aromatic N) is 1. The predicted octanol–water partition coefficient (Wildman–Crippen LogP) is 3.52. The van der Waals surface area contributed by atoms with Crippen molar-refractivity contribution in [3.8, 4) is 0 Å². The Morgan fingerprint density at radius 1 is 1.10 bits per heavy atom. The summed E-state index contributed by atoms with van der Waals surface area (Å²) in [6, 6.07) is 15.4. The molecule has 6 nitrogen and oxygen atoms in total. The van der Waals surface area contributed by atoms with Gasteiger partial charge in [0.1, 0.15) is 5.57 Å². The zero-order chi connectivity index (χ0) is 21.9. The first kappa shape index (κ1) is 21.7. The number of aliphatic hydroxyl groups is 1. The molecule has 1 N–H and O–H groups in total. The number of esters is 1. The summed E-state index contributed by atoms with van der Waals surface area (Å²) >= 11 is 5.87. The highest BCUT2D eigenvalue weighted by Gasteiger charge is 2.53. The number of carbonyl (C=O) groups is 3. The molecule has 7 heteroatoms. The molecule has 0 saturated carbocycles. The Morgan fingerprint density at radius 2 is 1.73 bits per heavy atom. The van der Waals surface area contributed by atoms with Gasteiger partial charge < -0.3 is 14.7 Å². The van der Waals surface area contributed by atoms with Crippen molar-refractivity contribution in [2.45, 2.75) is 32.5 Å². The maximum Gasteiger partial charge on any atom is 0.343 e. The Bertz CT molecular complexity index is 1000. The second kappa shape index (κ2) is 8.81. The maximum absolute atomic E-state index is 13.2. The summed E-state index contributed by atoms with van der Waals surface area (Å²) in [6.07, 6.45) is -0.513. The Balaban J connectivity index is 1.98. The smallest absolute Gasteiger partial charge is 0.343 e. The van der Waals surface area contributed by atoms with Crippen LogP contribution in [0.25, 0.3) is 0 Å². The van der Waals surface area contributed by atoms with Crippen molar-refractivity contribution in [3.05, 3.63) is 82.0 Å². The highest BCUT2D eigenvalue weighted by Crippen LogP contribution is 2.37. The summed E-state index contributed by atoms with van der Waals surface area (Å²) in [5, 5.41) is 11.9. The molecule has 0 aromatic heterocycles. The van der Waals surface area contributed by atoms with Crippen molar-refractivity contribution >= 4 is 29.1 Å². The van der Waals surface area contributed by atoms with Crippen LogP contribution in [-0.4, -0.2) is 39.9 Å². The summed E-state index contributed by atoms with van der Waals surface area (Å²) in [5.74, 6) is -2.09. The van der Waals surface area contributed by atoms with E-state index in [-0.39, 0.29) is 24.4 Å². The van der Waals surface area contributed by atoms with Crippen LogP contribution in [0.15, 0.2) is 65.9 Å². The Morgan fingerprint density at radius 3 is 2.33 bits per heavy atom. The van der Waals surface area contributed by atoms with E-state index in [1.807, 2.05) is 30.3 Å². The number of ketones is 2. The Kier molecular flexibility index (Phi) is 6.39. The molecule has 30 heavy (non-hydrogen) atoms. The van der Waals surface area contributed by atoms with Crippen molar-refractivity contribution in [1.29, 1.82) is 0 Å². The summed E-state index contributed by atoms with van der Waals surface area (Å²) in [4.78, 5) is 39.8. The third kappa shape index (κ3) is 4.15. The van der Waals surface area contributed by atoms with Crippen LogP contribution >= 0.6 is 11.6 Å². The van der Waals surface area contributed by atoms with Crippen LogP contribution in [0.1, 0.15) is 36.2 Å². The van der Waals surface area contributed by atoms with Crippen molar-refractivity contribution in [1.82, 2.24) is 4.90 Å². The first-order valence-corrected chi connectivity index (χ1v) is 9.91. The van der Waals surface area contributed by atoms with Crippen molar-refractivity contribution in [3.63, 3.8) is 0 Å². The van der Waals surface area contributed by atoms with E-state index in [0.717, 1.165) is 5.56 Å². The minimum Gasteiger partial charge on any atom is -0.462 e. The van der Waals surface area contributed by atoms with Crippen LogP contribution in [0.2, 0.25) is 5.02 Å². The molecule has 156 valence electrons. The van der Waals surface area contributed by atoms with Gasteiger partial charge >= 0.3 is 5.97 Å². The number of Topliss-reactive ketones (excluding diaryl/α,β-unsaturated/α-hetero) is 2. The number of carbonyl (C=O) groups excluding carboxylic acids is 3. The first-order chi connectivity index (χ1) is 14.3. The lowest BCUT2D eigenvalue weighted by atomic mass is 9.95. The normalized spacial score (nSPS) is 18.7. The van der Waals surface area contributed by atoms with Gasteiger partial charge in [-0.15, -0.1) is 0 Å². The van der Waals surface area contributed by atoms with E-state index in [1.54, 1.807) is 26.0 Å². The van der Waals surface area contributed by atoms with E-state index >= 15 is 0 Å². The van der Waals surface area contributed by atoms with E-state index < -0.39 is 29.7 Å². The SMILES string of the molecule is CCOC(=O)C1=C(C)N(Cc2ccccc2)C(O)(CC(=O)c2ccc(Cl)cc2)C1=O. The molecule has 1 heterocycles. The molecule has 0 amide bonds. The third-order valence-electron chi connectivity index (χ3n) is 5.04. The van der Waals surface area contributed by atoms with Crippen LogP contribution in [0.5, 0.6) is 0 Å². The molecule has 2 aromatic rings. The highest BCUT2D eigenvalue weighted by molar-refractivity contribution is 6.30. The fraction of sp³-hybridized carbons (Fsp3) is 0.261. The lowest BCUT2D eigenvalue weighted by Crippen LogP contribution is -2.50. The molecule has 1 atom stereocenters. The van der Waals surface area contributed by atoms with Gasteiger partial charge in [-0.1, -0.05) is 41.9 Å². The lowest BCUT2D eigenvalue weighted by molar-refractivity contribution is -0.151. The molecule has 1 aliphatic rings. The second-order valence-electron chi connectivity index (χ2n) is 7.01. The van der Waals surface area contributed by atoms with E-state index in [2.05, 4.69) is 0 Å². The fourth-order valence-corrected chi connectivity index (χ4v) is 3.62. The fourth-order valence-electron chi connectivity index (χ4n) is 3.50. The van der Waals surface area contributed by atoms with Crippen LogP contribution in [0.3, 0.4) is 0 Å². The van der Waals surface area contributed by atoms with Crippen LogP contribution in [0, 0.1) is 0 Å². The predicted molar refractivity (Wildman–Crippen MR) is 112 cm³/mol. The maximum atomic E-state index is 13.2. The van der Waals surface area contributed by atoms with Crippen LogP contribution in [0.4, 0.5) is 0 Å². The summed E-state index contributed by atoms with van der Waals surface area (Å²) in [6.45, 7) is 3.43. The lowest BCUT2D eigenvalue weighted by Gasteiger charge is -2.35. The molecule has 1 unspecified atom stereocenters. The van der Waals surface area contributed by atoms with Gasteiger partial charge in [-0.25, -0.2) is 4.79 Å². The van der Waals surface area contributed by atoms with Crippen LogP contribution in [-0.2, 0) is 20.9 Å². The number of allylic oxidation sites excluding steroid dienone is 1. The molecule has 0 aliphatic carbocycles. The van der Waals surface area contributed by atoms with E-state index in [1.165, 1.54) is 17.0 Å². The molecule has 2 aromatic carbocycles. The molecule has 0 fully saturated rings. The van der Waals surface area contributed by atoms with Gasteiger partial charge in [0, 0.05) is 22.8 Å². The number of hydrogen-bond donors (Lipinski definition) is 1. The van der Waals surface area contributed by atoms with Gasteiger partial charge in [0.05, 0.1) is 13.0 Å². The molecule has 0 bridgehead atoms. The summed E-state index contributed by atoms with van der Waals surface area (Å²) < 4.78 is 5.01. The largest absolute Gasteiger partial charge is 0.462 e. The molecule has 0 radical (unpaired) electrons. The Hall–Kier alpha value is -2.96. The molecule has 1 aliphatic heterocycles. The minimum absolute atomic E-state index is 0.0870. The first-order valence-electron chi connectivity index (χ1n) is 9.53. The van der Waals surface area contributed by atoms with E-state index in [0.29, 0.717) is 10.6 Å². The van der Waals surface area contributed by atoms with Crippen LogP contribution < -0.4 is 0 Å². The zero-order valence-electron chi connectivity index (χ0n) is 16.7. The van der Waals surface area contributed by atoms with Gasteiger partial charge in [-0.05, 0) is 43.7 Å². The summed E-state index contributed by atoms with van der Waals surface area (Å²) in [5.41, 5.74) is -1.04. The van der Waals surface area contributed by atoms with Crippen molar-refractivity contribution in [2.24, 2.45) is 0 Å². The van der Waals surface area contributed by atoms with Gasteiger partial charge in [-0.3, -0.25) is 9.59 Å². The van der Waals surface area contributed by atoms with Gasteiger partial charge in [-0.2, -0.15) is 0 Å². The highest BCUT2D eigenvalue weighted by atomic mass is 35.5. The van der Waals surface area contributed by atoms with E-state index in [4.69, 9.17) is 16.3 Å². The number of hydrogen-bond acceptors (Lipinski definition) is 6. The monoisotopic (exact) mass is 427 g/mol. The number of benzene rings is 2. The minimum atomic E-state index is -2.20.